The standard InChI is InChI=1S/C31H38N4O6/c1-38-19-7-14-32-30(36)25-20-22(33-31(37)24-12-11-23(39-2)21-29(24)41-4)10-13-26(25)34-15-17-35(18-16-34)27-8-5-6-9-28(27)40-3/h5-6,8-13,20-21H,7,14-19H2,1-4H3,(H,32,36)(H,33,37). The molecular formula is C31H38N4O6. The van der Waals surface area contributed by atoms with E-state index in [0.29, 0.717) is 47.9 Å². The molecule has 1 fully saturated rings. The topological polar surface area (TPSA) is 102 Å². The summed E-state index contributed by atoms with van der Waals surface area (Å²) >= 11 is 0. The minimum Gasteiger partial charge on any atom is -0.497 e. The van der Waals surface area contributed by atoms with Crippen molar-refractivity contribution < 1.29 is 28.5 Å². The second-order valence-corrected chi connectivity index (χ2v) is 9.50. The van der Waals surface area contributed by atoms with Gasteiger partial charge in [-0.15, -0.1) is 0 Å². The number of hydrogen-bond donors (Lipinski definition) is 2. The fraction of sp³-hybridized carbons (Fsp3) is 0.355. The van der Waals surface area contributed by atoms with Crippen molar-refractivity contribution >= 4 is 28.9 Å². The minimum absolute atomic E-state index is 0.207. The number of carbonyl (C=O) groups is 2. The van der Waals surface area contributed by atoms with E-state index in [2.05, 4.69) is 26.5 Å². The summed E-state index contributed by atoms with van der Waals surface area (Å²) in [5.41, 5.74) is 3.22. The Hall–Kier alpha value is -4.44. The first-order chi connectivity index (χ1) is 20.0. The Morgan fingerprint density at radius 1 is 0.732 bits per heavy atom. The molecular weight excluding hydrogens is 524 g/mol. The van der Waals surface area contributed by atoms with E-state index in [1.807, 2.05) is 30.3 Å². The number of nitrogens with one attached hydrogen (secondary N) is 2. The van der Waals surface area contributed by atoms with Gasteiger partial charge in [0, 0.05) is 63.9 Å². The summed E-state index contributed by atoms with van der Waals surface area (Å²) in [5.74, 6) is 1.25. The number of methoxy groups -OCH3 is 4. The van der Waals surface area contributed by atoms with Crippen molar-refractivity contribution in [1.82, 2.24) is 5.32 Å². The monoisotopic (exact) mass is 562 g/mol. The summed E-state index contributed by atoms with van der Waals surface area (Å²) in [6.07, 6.45) is 0.697. The van der Waals surface area contributed by atoms with Crippen molar-refractivity contribution in [3.63, 3.8) is 0 Å². The van der Waals surface area contributed by atoms with Gasteiger partial charge in [0.2, 0.25) is 0 Å². The van der Waals surface area contributed by atoms with Crippen molar-refractivity contribution in [2.45, 2.75) is 6.42 Å². The number of amides is 2. The number of anilines is 3. The van der Waals surface area contributed by atoms with Gasteiger partial charge in [0.1, 0.15) is 17.2 Å². The number of rotatable bonds is 12. The summed E-state index contributed by atoms with van der Waals surface area (Å²) in [5, 5.41) is 5.90. The number of ether oxygens (including phenoxy) is 4. The first-order valence-electron chi connectivity index (χ1n) is 13.6. The molecule has 1 heterocycles. The molecule has 0 spiro atoms. The third kappa shape index (κ3) is 7.20. The lowest BCUT2D eigenvalue weighted by Crippen LogP contribution is -2.47. The van der Waals surface area contributed by atoms with Crippen LogP contribution in [0.3, 0.4) is 0 Å². The molecule has 1 saturated heterocycles. The van der Waals surface area contributed by atoms with Gasteiger partial charge in [-0.3, -0.25) is 9.59 Å². The fourth-order valence-electron chi connectivity index (χ4n) is 4.85. The predicted octanol–water partition coefficient (Wildman–Crippen LogP) is 4.06. The number of piperazine rings is 1. The largest absolute Gasteiger partial charge is 0.497 e. The Morgan fingerprint density at radius 3 is 2.12 bits per heavy atom. The molecule has 3 aromatic carbocycles. The maximum absolute atomic E-state index is 13.4. The third-order valence-electron chi connectivity index (χ3n) is 7.01. The molecule has 0 unspecified atom stereocenters. The molecule has 41 heavy (non-hydrogen) atoms. The van der Waals surface area contributed by atoms with E-state index in [9.17, 15) is 9.59 Å². The van der Waals surface area contributed by atoms with E-state index in [1.165, 1.54) is 7.11 Å². The van der Waals surface area contributed by atoms with Gasteiger partial charge in [-0.2, -0.15) is 0 Å². The molecule has 218 valence electrons. The van der Waals surface area contributed by atoms with Crippen LogP contribution in [0.25, 0.3) is 0 Å². The predicted molar refractivity (Wildman–Crippen MR) is 160 cm³/mol. The summed E-state index contributed by atoms with van der Waals surface area (Å²) in [6, 6.07) is 18.4. The molecule has 0 aromatic heterocycles. The summed E-state index contributed by atoms with van der Waals surface area (Å²) in [7, 11) is 6.36. The quantitative estimate of drug-likeness (QED) is 0.319. The highest BCUT2D eigenvalue weighted by Gasteiger charge is 2.24. The Balaban J connectivity index is 1.55. The van der Waals surface area contributed by atoms with Crippen LogP contribution in [-0.4, -0.2) is 79.6 Å². The lowest BCUT2D eigenvalue weighted by Gasteiger charge is -2.38. The normalized spacial score (nSPS) is 13.0. The lowest BCUT2D eigenvalue weighted by atomic mass is 10.1. The highest BCUT2D eigenvalue weighted by atomic mass is 16.5. The smallest absolute Gasteiger partial charge is 0.259 e. The van der Waals surface area contributed by atoms with Gasteiger partial charge >= 0.3 is 0 Å². The van der Waals surface area contributed by atoms with Gasteiger partial charge in [0.05, 0.1) is 38.1 Å². The first-order valence-corrected chi connectivity index (χ1v) is 13.6. The van der Waals surface area contributed by atoms with Crippen LogP contribution in [0.15, 0.2) is 60.7 Å². The molecule has 4 rings (SSSR count). The summed E-state index contributed by atoms with van der Waals surface area (Å²) in [6.45, 7) is 4.01. The fourth-order valence-corrected chi connectivity index (χ4v) is 4.85. The molecule has 10 nitrogen and oxygen atoms in total. The molecule has 0 saturated carbocycles. The molecule has 0 atom stereocenters. The summed E-state index contributed by atoms with van der Waals surface area (Å²) in [4.78, 5) is 31.0. The Labute approximate surface area is 241 Å². The Bertz CT molecular complexity index is 1340. The van der Waals surface area contributed by atoms with Crippen molar-refractivity contribution in [1.29, 1.82) is 0 Å². The molecule has 0 radical (unpaired) electrons. The van der Waals surface area contributed by atoms with E-state index >= 15 is 0 Å². The van der Waals surface area contributed by atoms with E-state index in [4.69, 9.17) is 18.9 Å². The molecule has 2 amide bonds. The van der Waals surface area contributed by atoms with E-state index in [1.54, 1.807) is 45.6 Å². The second-order valence-electron chi connectivity index (χ2n) is 9.50. The number of nitrogens with zero attached hydrogens (tertiary/aromatic N) is 2. The van der Waals surface area contributed by atoms with Crippen molar-refractivity contribution in [3.05, 3.63) is 71.8 Å². The van der Waals surface area contributed by atoms with Gasteiger partial charge in [-0.05, 0) is 48.9 Å². The molecule has 2 N–H and O–H groups in total. The lowest BCUT2D eigenvalue weighted by molar-refractivity contribution is 0.0947. The van der Waals surface area contributed by atoms with Gasteiger partial charge in [-0.25, -0.2) is 0 Å². The average molecular weight is 563 g/mol. The van der Waals surface area contributed by atoms with Crippen LogP contribution in [0.5, 0.6) is 17.2 Å². The molecule has 1 aliphatic rings. The van der Waals surface area contributed by atoms with Crippen molar-refractivity contribution in [3.8, 4) is 17.2 Å². The highest BCUT2D eigenvalue weighted by Crippen LogP contribution is 2.31. The van der Waals surface area contributed by atoms with Gasteiger partial charge in [0.25, 0.3) is 11.8 Å². The van der Waals surface area contributed by atoms with E-state index < -0.39 is 0 Å². The Morgan fingerprint density at radius 2 is 1.44 bits per heavy atom. The SMILES string of the molecule is COCCCNC(=O)c1cc(NC(=O)c2ccc(OC)cc2OC)ccc1N1CCN(c2ccccc2OC)CC1. The molecule has 1 aliphatic heterocycles. The third-order valence-corrected chi connectivity index (χ3v) is 7.01. The number of para-hydroxylation sites is 2. The number of carbonyl (C=O) groups excluding carboxylic acids is 2. The van der Waals surface area contributed by atoms with Gasteiger partial charge in [-0.1, -0.05) is 12.1 Å². The molecule has 10 heteroatoms. The van der Waals surface area contributed by atoms with Crippen LogP contribution >= 0.6 is 0 Å². The van der Waals surface area contributed by atoms with Crippen LogP contribution in [0.2, 0.25) is 0 Å². The molecule has 3 aromatic rings. The Kier molecular flexibility index (Phi) is 10.3. The first kappa shape index (κ1) is 29.5. The van der Waals surface area contributed by atoms with E-state index in [0.717, 1.165) is 43.3 Å². The van der Waals surface area contributed by atoms with Crippen LogP contribution in [0.4, 0.5) is 17.1 Å². The van der Waals surface area contributed by atoms with Crippen LogP contribution in [0.1, 0.15) is 27.1 Å². The average Bonchev–Trinajstić information content (AvgIpc) is 3.02. The van der Waals surface area contributed by atoms with Crippen LogP contribution in [-0.2, 0) is 4.74 Å². The van der Waals surface area contributed by atoms with Crippen molar-refractivity contribution in [2.24, 2.45) is 0 Å². The minimum atomic E-state index is -0.353. The second kappa shape index (κ2) is 14.3. The van der Waals surface area contributed by atoms with Crippen molar-refractivity contribution in [2.75, 3.05) is 82.9 Å². The zero-order valence-electron chi connectivity index (χ0n) is 24.1. The number of hydrogen-bond acceptors (Lipinski definition) is 8. The maximum atomic E-state index is 13.4. The molecule has 0 bridgehead atoms. The summed E-state index contributed by atoms with van der Waals surface area (Å²) < 4.78 is 21.3. The maximum Gasteiger partial charge on any atom is 0.259 e. The highest BCUT2D eigenvalue weighted by molar-refractivity contribution is 6.08. The molecule has 0 aliphatic carbocycles. The van der Waals surface area contributed by atoms with E-state index in [-0.39, 0.29) is 11.8 Å². The van der Waals surface area contributed by atoms with Gasteiger partial charge in [0.15, 0.2) is 0 Å². The number of benzene rings is 3. The van der Waals surface area contributed by atoms with Crippen LogP contribution in [0, 0.1) is 0 Å². The van der Waals surface area contributed by atoms with Gasteiger partial charge < -0.3 is 39.4 Å². The zero-order valence-corrected chi connectivity index (χ0v) is 24.1. The zero-order chi connectivity index (χ0) is 29.2. The van der Waals surface area contributed by atoms with Crippen LogP contribution < -0.4 is 34.6 Å².